The Kier molecular flexibility index (Phi) is 2.38. The number of oxime groups is 1. The van der Waals surface area contributed by atoms with Gasteiger partial charge >= 0.3 is 0 Å². The monoisotopic (exact) mass is 174 g/mol. The fourth-order valence-electron chi connectivity index (χ4n) is 0.556. The predicted octanol–water partition coefficient (Wildman–Crippen LogP) is 1.60. The van der Waals surface area contributed by atoms with E-state index in [4.69, 9.17) is 16.8 Å². The zero-order valence-electron chi connectivity index (χ0n) is 5.33. The Hall–Kier alpha value is -1.16. The van der Waals surface area contributed by atoms with E-state index in [0.29, 0.717) is 5.56 Å². The summed E-state index contributed by atoms with van der Waals surface area (Å²) in [6.07, 6.45) is 1.18. The summed E-state index contributed by atoms with van der Waals surface area (Å²) < 4.78 is 12.2. The Morgan fingerprint density at radius 2 is 2.36 bits per heavy atom. The van der Waals surface area contributed by atoms with Crippen molar-refractivity contribution >= 4 is 16.8 Å². The van der Waals surface area contributed by atoms with Crippen LogP contribution in [0.4, 0.5) is 4.39 Å². The lowest BCUT2D eigenvalue weighted by Crippen LogP contribution is -1.92. The third kappa shape index (κ3) is 1.88. The first-order valence-corrected chi connectivity index (χ1v) is 3.11. The van der Waals surface area contributed by atoms with Gasteiger partial charge in [0.05, 0.1) is 0 Å². The second-order valence-corrected chi connectivity index (χ2v) is 2.12. The van der Waals surface area contributed by atoms with Gasteiger partial charge in [0.1, 0.15) is 0 Å². The first kappa shape index (κ1) is 7.94. The van der Waals surface area contributed by atoms with E-state index in [1.165, 1.54) is 12.3 Å². The number of nitrogens with zero attached hydrogens (tertiary/aromatic N) is 2. The van der Waals surface area contributed by atoms with Crippen LogP contribution in [0.1, 0.15) is 5.56 Å². The normalized spacial score (nSPS) is 11.6. The lowest BCUT2D eigenvalue weighted by atomic mass is 10.3. The Labute approximate surface area is 67.1 Å². The maximum absolute atomic E-state index is 12.2. The Bertz CT molecular complexity index is 272. The fourth-order valence-corrected chi connectivity index (χ4v) is 0.667. The topological polar surface area (TPSA) is 45.5 Å². The van der Waals surface area contributed by atoms with Crippen LogP contribution in [0.5, 0.6) is 0 Å². The molecule has 0 spiro atoms. The molecule has 0 aliphatic heterocycles. The molecule has 0 radical (unpaired) electrons. The van der Waals surface area contributed by atoms with Gasteiger partial charge in [-0.05, 0) is 12.1 Å². The molecular weight excluding hydrogens is 171 g/mol. The highest BCUT2D eigenvalue weighted by atomic mass is 35.5. The Morgan fingerprint density at radius 1 is 1.64 bits per heavy atom. The van der Waals surface area contributed by atoms with E-state index in [1.807, 2.05) is 0 Å². The standard InChI is InChI=1S/C6H4ClFN2O/c7-6(10-11)4-1-2-5(8)9-3-4/h1-3,11H/b10-6-. The SMILES string of the molecule is O/N=C(\Cl)c1ccc(F)nc1. The summed E-state index contributed by atoms with van der Waals surface area (Å²) in [4.78, 5) is 3.31. The number of aromatic nitrogens is 1. The van der Waals surface area contributed by atoms with E-state index in [1.54, 1.807) is 0 Å². The highest BCUT2D eigenvalue weighted by Crippen LogP contribution is 2.03. The molecule has 0 saturated heterocycles. The maximum atomic E-state index is 12.2. The minimum Gasteiger partial charge on any atom is -0.410 e. The van der Waals surface area contributed by atoms with Crippen LogP contribution in [0, 0.1) is 5.95 Å². The molecule has 58 valence electrons. The van der Waals surface area contributed by atoms with E-state index in [0.717, 1.165) is 6.07 Å². The molecule has 0 aliphatic rings. The molecule has 0 fully saturated rings. The van der Waals surface area contributed by atoms with Crippen LogP contribution in [-0.4, -0.2) is 15.4 Å². The van der Waals surface area contributed by atoms with Crippen LogP contribution in [0.3, 0.4) is 0 Å². The largest absolute Gasteiger partial charge is 0.410 e. The van der Waals surface area contributed by atoms with Gasteiger partial charge in [0.15, 0.2) is 5.17 Å². The molecule has 1 heterocycles. The second-order valence-electron chi connectivity index (χ2n) is 1.76. The van der Waals surface area contributed by atoms with Gasteiger partial charge in [0.25, 0.3) is 0 Å². The first-order valence-electron chi connectivity index (χ1n) is 2.73. The van der Waals surface area contributed by atoms with E-state index in [9.17, 15) is 4.39 Å². The minimum absolute atomic E-state index is 0.113. The average Bonchev–Trinajstić information content (AvgIpc) is 2.05. The zero-order chi connectivity index (χ0) is 8.27. The van der Waals surface area contributed by atoms with Gasteiger partial charge in [-0.15, -0.1) is 0 Å². The van der Waals surface area contributed by atoms with Gasteiger partial charge < -0.3 is 5.21 Å². The van der Waals surface area contributed by atoms with Crippen molar-refractivity contribution in [2.75, 3.05) is 0 Å². The lowest BCUT2D eigenvalue weighted by Gasteiger charge is -1.93. The molecule has 11 heavy (non-hydrogen) atoms. The van der Waals surface area contributed by atoms with Crippen LogP contribution in [0.2, 0.25) is 0 Å². The molecule has 3 nitrogen and oxygen atoms in total. The number of halogens is 2. The molecule has 1 rings (SSSR count). The zero-order valence-corrected chi connectivity index (χ0v) is 6.09. The summed E-state index contributed by atoms with van der Waals surface area (Å²) in [5, 5.41) is 10.8. The number of hydrogen-bond acceptors (Lipinski definition) is 3. The van der Waals surface area contributed by atoms with Crippen molar-refractivity contribution in [2.45, 2.75) is 0 Å². The van der Waals surface area contributed by atoms with Crippen LogP contribution in [0.15, 0.2) is 23.5 Å². The van der Waals surface area contributed by atoms with Gasteiger partial charge in [-0.1, -0.05) is 16.8 Å². The van der Waals surface area contributed by atoms with Crippen LogP contribution in [0.25, 0.3) is 0 Å². The molecular formula is C6H4ClFN2O. The van der Waals surface area contributed by atoms with Gasteiger partial charge in [0.2, 0.25) is 5.95 Å². The van der Waals surface area contributed by atoms with Crippen LogP contribution < -0.4 is 0 Å². The molecule has 0 bridgehead atoms. The molecule has 0 aliphatic carbocycles. The molecule has 1 N–H and O–H groups in total. The van der Waals surface area contributed by atoms with Crippen LogP contribution in [-0.2, 0) is 0 Å². The van der Waals surface area contributed by atoms with E-state index >= 15 is 0 Å². The quantitative estimate of drug-likeness (QED) is 0.304. The van der Waals surface area contributed by atoms with Crippen molar-refractivity contribution in [3.8, 4) is 0 Å². The van der Waals surface area contributed by atoms with Gasteiger partial charge in [0, 0.05) is 11.8 Å². The maximum Gasteiger partial charge on any atom is 0.212 e. The summed E-state index contributed by atoms with van der Waals surface area (Å²) in [6.45, 7) is 0. The Morgan fingerprint density at radius 3 is 2.82 bits per heavy atom. The van der Waals surface area contributed by atoms with Crippen molar-refractivity contribution in [1.29, 1.82) is 0 Å². The highest BCUT2D eigenvalue weighted by molar-refractivity contribution is 6.69. The third-order valence-corrected chi connectivity index (χ3v) is 1.35. The van der Waals surface area contributed by atoms with E-state index in [-0.39, 0.29) is 5.17 Å². The summed E-state index contributed by atoms with van der Waals surface area (Å²) in [5.74, 6) is -0.601. The van der Waals surface area contributed by atoms with Crippen molar-refractivity contribution in [3.63, 3.8) is 0 Å². The van der Waals surface area contributed by atoms with Crippen molar-refractivity contribution in [1.82, 2.24) is 4.98 Å². The van der Waals surface area contributed by atoms with Crippen molar-refractivity contribution in [2.24, 2.45) is 5.16 Å². The average molecular weight is 175 g/mol. The molecule has 0 unspecified atom stereocenters. The van der Waals surface area contributed by atoms with Crippen LogP contribution >= 0.6 is 11.6 Å². The van der Waals surface area contributed by atoms with Gasteiger partial charge in [-0.3, -0.25) is 0 Å². The first-order chi connectivity index (χ1) is 5.24. The van der Waals surface area contributed by atoms with Gasteiger partial charge in [-0.2, -0.15) is 4.39 Å². The Balaban J connectivity index is 2.99. The number of pyridine rings is 1. The summed E-state index contributed by atoms with van der Waals surface area (Å²) in [7, 11) is 0. The predicted molar refractivity (Wildman–Crippen MR) is 38.4 cm³/mol. The minimum atomic E-state index is -0.601. The van der Waals surface area contributed by atoms with Crippen molar-refractivity contribution < 1.29 is 9.60 Å². The molecule has 0 aromatic carbocycles. The third-order valence-electron chi connectivity index (χ3n) is 1.05. The molecule has 0 atom stereocenters. The lowest BCUT2D eigenvalue weighted by molar-refractivity contribution is 0.321. The fraction of sp³-hybridized carbons (Fsp3) is 0. The second kappa shape index (κ2) is 3.30. The summed E-state index contributed by atoms with van der Waals surface area (Å²) in [6, 6.07) is 2.49. The number of rotatable bonds is 1. The van der Waals surface area contributed by atoms with E-state index < -0.39 is 5.95 Å². The van der Waals surface area contributed by atoms with E-state index in [2.05, 4.69) is 10.1 Å². The number of hydrogen-bond donors (Lipinski definition) is 1. The smallest absolute Gasteiger partial charge is 0.212 e. The summed E-state index contributed by atoms with van der Waals surface area (Å²) in [5.41, 5.74) is 0.371. The van der Waals surface area contributed by atoms with Crippen molar-refractivity contribution in [3.05, 3.63) is 29.8 Å². The molecule has 1 aromatic rings. The molecule has 5 heteroatoms. The molecule has 0 amide bonds. The molecule has 1 aromatic heterocycles. The molecule has 0 saturated carbocycles. The highest BCUT2D eigenvalue weighted by Gasteiger charge is 1.99. The summed E-state index contributed by atoms with van der Waals surface area (Å²) >= 11 is 5.38. The van der Waals surface area contributed by atoms with Gasteiger partial charge in [-0.25, -0.2) is 4.98 Å².